The minimum absolute atomic E-state index is 0.0292. The monoisotopic (exact) mass is 302 g/mol. The van der Waals surface area contributed by atoms with Gasteiger partial charge in [-0.25, -0.2) is 0 Å². The molecule has 118 valence electrons. The van der Waals surface area contributed by atoms with Gasteiger partial charge in [-0.05, 0) is 31.4 Å². The molecule has 3 rings (SSSR count). The van der Waals surface area contributed by atoms with Crippen molar-refractivity contribution in [3.05, 3.63) is 29.8 Å². The van der Waals surface area contributed by atoms with E-state index in [1.165, 1.54) is 0 Å². The van der Waals surface area contributed by atoms with Crippen LogP contribution in [-0.2, 0) is 20.7 Å². The summed E-state index contributed by atoms with van der Waals surface area (Å²) in [6.45, 7) is 3.86. The van der Waals surface area contributed by atoms with E-state index in [2.05, 4.69) is 5.32 Å². The van der Waals surface area contributed by atoms with E-state index in [9.17, 15) is 9.59 Å². The molecule has 0 radical (unpaired) electrons. The molecular formula is C17H22N2O3. The molecule has 5 nitrogen and oxygen atoms in total. The number of rotatable bonds is 3. The Balaban J connectivity index is 1.57. The molecule has 2 aliphatic heterocycles. The molecule has 1 aromatic carbocycles. The number of hydrogen-bond acceptors (Lipinski definition) is 3. The van der Waals surface area contributed by atoms with Crippen molar-refractivity contribution in [1.29, 1.82) is 0 Å². The van der Waals surface area contributed by atoms with Gasteiger partial charge in [0, 0.05) is 24.6 Å². The molecule has 2 aliphatic rings. The highest BCUT2D eigenvalue weighted by Crippen LogP contribution is 2.27. The zero-order valence-electron chi connectivity index (χ0n) is 12.9. The summed E-state index contributed by atoms with van der Waals surface area (Å²) in [6, 6.07) is 7.98. The Hall–Kier alpha value is -1.88. The molecule has 22 heavy (non-hydrogen) atoms. The lowest BCUT2D eigenvalue weighted by atomic mass is 9.89. The third-order valence-corrected chi connectivity index (χ3v) is 4.51. The Morgan fingerprint density at radius 3 is 3.05 bits per heavy atom. The zero-order valence-corrected chi connectivity index (χ0v) is 12.9. The number of nitrogens with zero attached hydrogens (tertiary/aromatic N) is 1. The molecule has 2 amide bonds. The first-order valence-corrected chi connectivity index (χ1v) is 7.91. The van der Waals surface area contributed by atoms with Gasteiger partial charge < -0.3 is 15.0 Å². The van der Waals surface area contributed by atoms with E-state index in [1.54, 1.807) is 0 Å². The number of fused-ring (bicyclic) bond motifs is 1. The molecular weight excluding hydrogens is 280 g/mol. The molecule has 2 atom stereocenters. The molecule has 1 N–H and O–H groups in total. The molecule has 1 fully saturated rings. The van der Waals surface area contributed by atoms with E-state index >= 15 is 0 Å². The number of carbonyl (C=O) groups excluding carboxylic acids is 2. The first-order valence-electron chi connectivity index (χ1n) is 7.91. The summed E-state index contributed by atoms with van der Waals surface area (Å²) in [5.41, 5.74) is 2.05. The molecule has 0 aromatic heterocycles. The minimum atomic E-state index is -0.116. The summed E-state index contributed by atoms with van der Waals surface area (Å²) in [5.74, 6) is 0.0409. The summed E-state index contributed by atoms with van der Waals surface area (Å²) < 4.78 is 5.35. The second-order valence-corrected chi connectivity index (χ2v) is 6.10. The van der Waals surface area contributed by atoms with Gasteiger partial charge in [0.15, 0.2) is 0 Å². The third kappa shape index (κ3) is 3.14. The Bertz CT molecular complexity index is 573. The minimum Gasteiger partial charge on any atom is -0.377 e. The number of ether oxygens (including phenoxy) is 1. The van der Waals surface area contributed by atoms with Crippen molar-refractivity contribution < 1.29 is 14.3 Å². The SMILES string of the molecule is C[C@@H]1COCCN1C(=O)CC[C@@H]1Cc2ccccc2NC1=O. The number of hydrogen-bond donors (Lipinski definition) is 1. The summed E-state index contributed by atoms with van der Waals surface area (Å²) in [5, 5.41) is 2.94. The second kappa shape index (κ2) is 6.48. The van der Waals surface area contributed by atoms with Crippen LogP contribution in [0.4, 0.5) is 5.69 Å². The number of benzene rings is 1. The fraction of sp³-hybridized carbons (Fsp3) is 0.529. The third-order valence-electron chi connectivity index (χ3n) is 4.51. The number of para-hydroxylation sites is 1. The van der Waals surface area contributed by atoms with Crippen LogP contribution < -0.4 is 5.32 Å². The Morgan fingerprint density at radius 1 is 1.41 bits per heavy atom. The van der Waals surface area contributed by atoms with Gasteiger partial charge in [-0.15, -0.1) is 0 Å². The molecule has 0 saturated carbocycles. The molecule has 0 unspecified atom stereocenters. The van der Waals surface area contributed by atoms with Crippen LogP contribution in [0.3, 0.4) is 0 Å². The predicted octanol–water partition coefficient (Wildman–Crippen LogP) is 1.82. The number of amides is 2. The first-order chi connectivity index (χ1) is 10.6. The maximum Gasteiger partial charge on any atom is 0.227 e. The largest absolute Gasteiger partial charge is 0.377 e. The first kappa shape index (κ1) is 15.0. The zero-order chi connectivity index (χ0) is 15.5. The average molecular weight is 302 g/mol. The molecule has 0 bridgehead atoms. The topological polar surface area (TPSA) is 58.6 Å². The average Bonchev–Trinajstić information content (AvgIpc) is 2.53. The standard InChI is InChI=1S/C17H22N2O3/c1-12-11-22-9-8-19(12)16(20)7-6-14-10-13-4-2-3-5-15(13)18-17(14)21/h2-5,12,14H,6-11H2,1H3,(H,18,21)/t12-,14-/m1/s1. The molecule has 0 spiro atoms. The molecule has 1 saturated heterocycles. The highest BCUT2D eigenvalue weighted by Gasteiger charge is 2.28. The Labute approximate surface area is 130 Å². The fourth-order valence-corrected chi connectivity index (χ4v) is 3.19. The van der Waals surface area contributed by atoms with Crippen LogP contribution in [0, 0.1) is 5.92 Å². The second-order valence-electron chi connectivity index (χ2n) is 6.10. The number of morpholine rings is 1. The van der Waals surface area contributed by atoms with Gasteiger partial charge in [-0.1, -0.05) is 18.2 Å². The van der Waals surface area contributed by atoms with Gasteiger partial charge in [0.2, 0.25) is 11.8 Å². The highest BCUT2D eigenvalue weighted by molar-refractivity contribution is 5.96. The van der Waals surface area contributed by atoms with E-state index in [0.717, 1.165) is 11.3 Å². The maximum atomic E-state index is 12.3. The van der Waals surface area contributed by atoms with Crippen LogP contribution in [0.5, 0.6) is 0 Å². The van der Waals surface area contributed by atoms with Crippen LogP contribution in [0.15, 0.2) is 24.3 Å². The van der Waals surface area contributed by atoms with Gasteiger partial charge in [0.1, 0.15) is 0 Å². The molecule has 5 heteroatoms. The lowest BCUT2D eigenvalue weighted by Gasteiger charge is -2.34. The van der Waals surface area contributed by atoms with E-state index in [1.807, 2.05) is 36.1 Å². The number of anilines is 1. The van der Waals surface area contributed by atoms with Crippen molar-refractivity contribution in [3.63, 3.8) is 0 Å². The molecule has 1 aromatic rings. The van der Waals surface area contributed by atoms with Gasteiger partial charge in [0.25, 0.3) is 0 Å². The smallest absolute Gasteiger partial charge is 0.227 e. The van der Waals surface area contributed by atoms with Gasteiger partial charge in [0.05, 0.1) is 19.3 Å². The maximum absolute atomic E-state index is 12.3. The number of carbonyl (C=O) groups is 2. The Morgan fingerprint density at radius 2 is 2.23 bits per heavy atom. The van der Waals surface area contributed by atoms with E-state index in [0.29, 0.717) is 39.0 Å². The van der Waals surface area contributed by atoms with Crippen molar-refractivity contribution in [2.24, 2.45) is 5.92 Å². The van der Waals surface area contributed by atoms with Gasteiger partial charge >= 0.3 is 0 Å². The normalized spacial score (nSPS) is 24.6. The quantitative estimate of drug-likeness (QED) is 0.926. The van der Waals surface area contributed by atoms with Crippen LogP contribution in [0.2, 0.25) is 0 Å². The van der Waals surface area contributed by atoms with E-state index < -0.39 is 0 Å². The van der Waals surface area contributed by atoms with Crippen LogP contribution >= 0.6 is 0 Å². The summed E-state index contributed by atoms with van der Waals surface area (Å²) in [4.78, 5) is 26.4. The van der Waals surface area contributed by atoms with Crippen molar-refractivity contribution in [1.82, 2.24) is 4.90 Å². The van der Waals surface area contributed by atoms with E-state index in [-0.39, 0.29) is 23.8 Å². The fourth-order valence-electron chi connectivity index (χ4n) is 3.19. The van der Waals surface area contributed by atoms with Gasteiger partial charge in [-0.3, -0.25) is 9.59 Å². The van der Waals surface area contributed by atoms with Crippen molar-refractivity contribution in [2.45, 2.75) is 32.2 Å². The molecule has 2 heterocycles. The van der Waals surface area contributed by atoms with E-state index in [4.69, 9.17) is 4.74 Å². The lowest BCUT2D eigenvalue weighted by Crippen LogP contribution is -2.47. The van der Waals surface area contributed by atoms with Gasteiger partial charge in [-0.2, -0.15) is 0 Å². The predicted molar refractivity (Wildman–Crippen MR) is 83.5 cm³/mol. The van der Waals surface area contributed by atoms with Crippen molar-refractivity contribution >= 4 is 17.5 Å². The lowest BCUT2D eigenvalue weighted by molar-refractivity contribution is -0.139. The summed E-state index contributed by atoms with van der Waals surface area (Å²) in [6.07, 6.45) is 1.74. The van der Waals surface area contributed by atoms with Crippen LogP contribution in [-0.4, -0.2) is 42.5 Å². The highest BCUT2D eigenvalue weighted by atomic mass is 16.5. The van der Waals surface area contributed by atoms with Crippen molar-refractivity contribution in [3.8, 4) is 0 Å². The summed E-state index contributed by atoms with van der Waals surface area (Å²) >= 11 is 0. The summed E-state index contributed by atoms with van der Waals surface area (Å²) in [7, 11) is 0. The van der Waals surface area contributed by atoms with Crippen LogP contribution in [0.25, 0.3) is 0 Å². The number of nitrogens with one attached hydrogen (secondary N) is 1. The van der Waals surface area contributed by atoms with Crippen molar-refractivity contribution in [2.75, 3.05) is 25.1 Å². The Kier molecular flexibility index (Phi) is 4.43. The van der Waals surface area contributed by atoms with Crippen LogP contribution in [0.1, 0.15) is 25.3 Å². The molecule has 0 aliphatic carbocycles.